The highest BCUT2D eigenvalue weighted by Crippen LogP contribution is 2.35. The van der Waals surface area contributed by atoms with Gasteiger partial charge in [-0.05, 0) is 47.2 Å². The number of para-hydroxylation sites is 2. The van der Waals surface area contributed by atoms with Gasteiger partial charge in [0.25, 0.3) is 0 Å². The first kappa shape index (κ1) is 23.3. The van der Waals surface area contributed by atoms with E-state index in [0.29, 0.717) is 17.5 Å². The Labute approximate surface area is 237 Å². The van der Waals surface area contributed by atoms with E-state index >= 15 is 0 Å². The molecule has 0 N–H and O–H groups in total. The van der Waals surface area contributed by atoms with E-state index in [2.05, 4.69) is 114 Å². The molecule has 192 valence electrons. The Morgan fingerprint density at radius 1 is 0.390 bits per heavy atom. The van der Waals surface area contributed by atoms with Crippen LogP contribution in [0.5, 0.6) is 0 Å². The molecule has 2 heterocycles. The third-order valence-corrected chi connectivity index (χ3v) is 7.64. The van der Waals surface area contributed by atoms with Crippen molar-refractivity contribution >= 4 is 32.6 Å². The lowest BCUT2D eigenvalue weighted by Gasteiger charge is -2.11. The van der Waals surface area contributed by atoms with E-state index in [4.69, 9.17) is 15.0 Å². The van der Waals surface area contributed by atoms with Gasteiger partial charge in [-0.15, -0.1) is 0 Å². The molecule has 0 amide bonds. The molecule has 0 saturated heterocycles. The fourth-order valence-corrected chi connectivity index (χ4v) is 5.73. The number of benzene rings is 6. The molecule has 0 aliphatic heterocycles. The Morgan fingerprint density at radius 3 is 1.83 bits per heavy atom. The number of hydrogen-bond acceptors (Lipinski definition) is 3. The molecule has 0 unspecified atom stereocenters. The molecule has 0 aliphatic rings. The maximum Gasteiger partial charge on any atom is 0.164 e. The van der Waals surface area contributed by atoms with E-state index in [1.54, 1.807) is 0 Å². The van der Waals surface area contributed by atoms with Gasteiger partial charge in [0.15, 0.2) is 17.5 Å². The van der Waals surface area contributed by atoms with Crippen LogP contribution in [-0.2, 0) is 0 Å². The molecule has 4 heteroatoms. The SMILES string of the molecule is c1ccc(-c2nc(-c3ccc4c(c3)c3ccccc3n4-c3ccccc3)nc(-c3cccc4ccccc34)n2)cc1. The summed E-state index contributed by atoms with van der Waals surface area (Å²) in [6, 6.07) is 50.3. The van der Waals surface area contributed by atoms with E-state index in [1.165, 1.54) is 10.9 Å². The van der Waals surface area contributed by atoms with Crippen LogP contribution >= 0.6 is 0 Å². The number of aromatic nitrogens is 4. The molecule has 0 fully saturated rings. The quantitative estimate of drug-likeness (QED) is 0.231. The first-order valence-electron chi connectivity index (χ1n) is 13.7. The van der Waals surface area contributed by atoms with Crippen molar-refractivity contribution in [3.05, 3.63) is 146 Å². The Morgan fingerprint density at radius 2 is 1.00 bits per heavy atom. The van der Waals surface area contributed by atoms with Crippen LogP contribution in [0.3, 0.4) is 0 Å². The van der Waals surface area contributed by atoms with Crippen LogP contribution in [0.4, 0.5) is 0 Å². The van der Waals surface area contributed by atoms with Crippen LogP contribution in [0.2, 0.25) is 0 Å². The van der Waals surface area contributed by atoms with Gasteiger partial charge in [0.1, 0.15) is 0 Å². The minimum atomic E-state index is 0.653. The molecule has 6 aromatic carbocycles. The highest BCUT2D eigenvalue weighted by Gasteiger charge is 2.17. The van der Waals surface area contributed by atoms with Crippen molar-refractivity contribution < 1.29 is 0 Å². The van der Waals surface area contributed by atoms with Crippen LogP contribution in [0.15, 0.2) is 146 Å². The van der Waals surface area contributed by atoms with Crippen LogP contribution in [0.25, 0.3) is 72.4 Å². The molecular formula is C37H24N4. The van der Waals surface area contributed by atoms with Gasteiger partial charge in [0.05, 0.1) is 11.0 Å². The fraction of sp³-hybridized carbons (Fsp3) is 0. The Bertz CT molecular complexity index is 2190. The summed E-state index contributed by atoms with van der Waals surface area (Å²) in [6.07, 6.45) is 0. The molecule has 0 radical (unpaired) electrons. The molecule has 0 spiro atoms. The summed E-state index contributed by atoms with van der Waals surface area (Å²) < 4.78 is 2.32. The maximum atomic E-state index is 5.07. The number of hydrogen-bond donors (Lipinski definition) is 0. The molecule has 0 aliphatic carbocycles. The van der Waals surface area contributed by atoms with Crippen molar-refractivity contribution in [1.82, 2.24) is 19.5 Å². The van der Waals surface area contributed by atoms with E-state index < -0.39 is 0 Å². The molecule has 4 nitrogen and oxygen atoms in total. The van der Waals surface area contributed by atoms with Gasteiger partial charge in [-0.3, -0.25) is 0 Å². The minimum absolute atomic E-state index is 0.653. The van der Waals surface area contributed by atoms with Crippen molar-refractivity contribution in [2.24, 2.45) is 0 Å². The van der Waals surface area contributed by atoms with E-state index in [0.717, 1.165) is 44.1 Å². The normalized spacial score (nSPS) is 11.4. The molecular weight excluding hydrogens is 500 g/mol. The lowest BCUT2D eigenvalue weighted by molar-refractivity contribution is 1.08. The van der Waals surface area contributed by atoms with Crippen molar-refractivity contribution in [3.8, 4) is 39.9 Å². The molecule has 41 heavy (non-hydrogen) atoms. The van der Waals surface area contributed by atoms with E-state index in [-0.39, 0.29) is 0 Å². The first-order chi connectivity index (χ1) is 20.3. The fourth-order valence-electron chi connectivity index (χ4n) is 5.73. The third-order valence-electron chi connectivity index (χ3n) is 7.64. The number of rotatable bonds is 4. The summed E-state index contributed by atoms with van der Waals surface area (Å²) in [6.45, 7) is 0. The average molecular weight is 525 g/mol. The molecule has 0 saturated carbocycles. The van der Waals surface area contributed by atoms with Crippen molar-refractivity contribution in [2.75, 3.05) is 0 Å². The van der Waals surface area contributed by atoms with E-state index in [1.807, 2.05) is 36.4 Å². The van der Waals surface area contributed by atoms with Crippen molar-refractivity contribution in [3.63, 3.8) is 0 Å². The van der Waals surface area contributed by atoms with Gasteiger partial charge in [-0.25, -0.2) is 15.0 Å². The molecule has 2 aromatic heterocycles. The zero-order valence-electron chi connectivity index (χ0n) is 22.1. The third kappa shape index (κ3) is 3.97. The van der Waals surface area contributed by atoms with Crippen LogP contribution in [-0.4, -0.2) is 19.5 Å². The van der Waals surface area contributed by atoms with Gasteiger partial charge >= 0.3 is 0 Å². The maximum absolute atomic E-state index is 5.07. The molecule has 0 atom stereocenters. The zero-order chi connectivity index (χ0) is 27.2. The molecule has 8 rings (SSSR count). The Hall–Kier alpha value is -5.61. The van der Waals surface area contributed by atoms with Gasteiger partial charge in [-0.2, -0.15) is 0 Å². The summed E-state index contributed by atoms with van der Waals surface area (Å²) in [7, 11) is 0. The standard InChI is InChI=1S/C37H24N4/c1-3-13-26(14-4-1)35-38-36(40-37(39-35)31-20-11-15-25-12-7-8-18-29(25)31)27-22-23-34-32(24-27)30-19-9-10-21-33(30)41(34)28-16-5-2-6-17-28/h1-24H. The number of nitrogens with zero attached hydrogens (tertiary/aromatic N) is 4. The monoisotopic (exact) mass is 524 g/mol. The first-order valence-corrected chi connectivity index (χ1v) is 13.7. The predicted molar refractivity (Wildman–Crippen MR) is 168 cm³/mol. The largest absolute Gasteiger partial charge is 0.309 e. The second-order valence-electron chi connectivity index (χ2n) is 10.1. The minimum Gasteiger partial charge on any atom is -0.309 e. The van der Waals surface area contributed by atoms with Crippen LogP contribution < -0.4 is 0 Å². The smallest absolute Gasteiger partial charge is 0.164 e. The predicted octanol–water partition coefficient (Wildman–Crippen LogP) is 9.12. The second-order valence-corrected chi connectivity index (χ2v) is 10.1. The van der Waals surface area contributed by atoms with Crippen molar-refractivity contribution in [1.29, 1.82) is 0 Å². The summed E-state index contributed by atoms with van der Waals surface area (Å²) >= 11 is 0. The zero-order valence-corrected chi connectivity index (χ0v) is 22.1. The summed E-state index contributed by atoms with van der Waals surface area (Å²) in [5.41, 5.74) is 6.35. The summed E-state index contributed by atoms with van der Waals surface area (Å²) in [5, 5.41) is 4.63. The van der Waals surface area contributed by atoms with Crippen molar-refractivity contribution in [2.45, 2.75) is 0 Å². The van der Waals surface area contributed by atoms with Gasteiger partial charge in [-0.1, -0.05) is 109 Å². The van der Waals surface area contributed by atoms with E-state index in [9.17, 15) is 0 Å². The lowest BCUT2D eigenvalue weighted by atomic mass is 10.0. The molecule has 0 bridgehead atoms. The Kier molecular flexibility index (Phi) is 5.42. The second kappa shape index (κ2) is 9.54. The topological polar surface area (TPSA) is 43.6 Å². The van der Waals surface area contributed by atoms with Gasteiger partial charge < -0.3 is 4.57 Å². The molecule has 8 aromatic rings. The van der Waals surface area contributed by atoms with Gasteiger partial charge in [0, 0.05) is 33.2 Å². The summed E-state index contributed by atoms with van der Waals surface area (Å²) in [5.74, 6) is 1.98. The highest BCUT2D eigenvalue weighted by atomic mass is 15.0. The summed E-state index contributed by atoms with van der Waals surface area (Å²) in [4.78, 5) is 15.1. The lowest BCUT2D eigenvalue weighted by Crippen LogP contribution is -2.00. The van der Waals surface area contributed by atoms with Gasteiger partial charge in [0.2, 0.25) is 0 Å². The van der Waals surface area contributed by atoms with Crippen LogP contribution in [0.1, 0.15) is 0 Å². The Balaban J connectivity index is 1.38. The average Bonchev–Trinajstić information content (AvgIpc) is 3.39. The number of fused-ring (bicyclic) bond motifs is 4. The highest BCUT2D eigenvalue weighted by molar-refractivity contribution is 6.10. The van der Waals surface area contributed by atoms with Crippen LogP contribution in [0, 0.1) is 0 Å².